The van der Waals surface area contributed by atoms with Crippen molar-refractivity contribution in [2.24, 2.45) is 0 Å². The van der Waals surface area contributed by atoms with Gasteiger partial charge in [0.1, 0.15) is 17.5 Å². The van der Waals surface area contributed by atoms with Crippen LogP contribution in [0.15, 0.2) is 23.4 Å². The second-order valence-corrected chi connectivity index (χ2v) is 5.55. The summed E-state index contributed by atoms with van der Waals surface area (Å²) in [6.07, 6.45) is 0. The Hall–Kier alpha value is -1.96. The molecule has 0 saturated heterocycles. The zero-order chi connectivity index (χ0) is 15.6. The van der Waals surface area contributed by atoms with Crippen molar-refractivity contribution in [3.05, 3.63) is 35.7 Å². The molecule has 8 heteroatoms. The highest BCUT2D eigenvalue weighted by molar-refractivity contribution is 7.99. The van der Waals surface area contributed by atoms with Gasteiger partial charge in [-0.1, -0.05) is 25.6 Å². The minimum absolute atomic E-state index is 0.0309. The SMILES string of the molecule is CC(C)c1nnc(SCC(=O)O)n1-c1cc(F)ccc1F. The number of aromatic nitrogens is 3. The van der Waals surface area contributed by atoms with Gasteiger partial charge in [-0.2, -0.15) is 0 Å². The van der Waals surface area contributed by atoms with Gasteiger partial charge in [0.05, 0.1) is 11.4 Å². The van der Waals surface area contributed by atoms with Crippen molar-refractivity contribution >= 4 is 17.7 Å². The minimum Gasteiger partial charge on any atom is -0.481 e. The molecule has 1 aromatic carbocycles. The molecule has 1 aromatic heterocycles. The molecule has 1 N–H and O–H groups in total. The van der Waals surface area contributed by atoms with Crippen molar-refractivity contribution < 1.29 is 18.7 Å². The topological polar surface area (TPSA) is 68.0 Å². The van der Waals surface area contributed by atoms with Crippen LogP contribution in [0.4, 0.5) is 8.78 Å². The Balaban J connectivity index is 2.55. The second-order valence-electron chi connectivity index (χ2n) is 4.61. The number of halogens is 2. The van der Waals surface area contributed by atoms with Gasteiger partial charge >= 0.3 is 5.97 Å². The van der Waals surface area contributed by atoms with Crippen molar-refractivity contribution in [1.82, 2.24) is 14.8 Å². The van der Waals surface area contributed by atoms with Gasteiger partial charge in [-0.15, -0.1) is 10.2 Å². The van der Waals surface area contributed by atoms with E-state index in [1.807, 2.05) is 13.8 Å². The number of hydrogen-bond donors (Lipinski definition) is 1. The Morgan fingerprint density at radius 3 is 2.71 bits per heavy atom. The summed E-state index contributed by atoms with van der Waals surface area (Å²) in [5.74, 6) is -2.14. The number of hydrogen-bond acceptors (Lipinski definition) is 4. The second kappa shape index (κ2) is 6.21. The quantitative estimate of drug-likeness (QED) is 0.860. The van der Waals surface area contributed by atoms with Crippen molar-refractivity contribution in [1.29, 1.82) is 0 Å². The molecule has 0 aliphatic rings. The molecule has 0 saturated carbocycles. The number of carboxylic acids is 1. The number of aliphatic carboxylic acids is 1. The van der Waals surface area contributed by atoms with E-state index in [0.717, 1.165) is 30.0 Å². The van der Waals surface area contributed by atoms with E-state index in [1.54, 1.807) is 0 Å². The molecule has 112 valence electrons. The zero-order valence-electron chi connectivity index (χ0n) is 11.4. The molecule has 0 fully saturated rings. The molecule has 5 nitrogen and oxygen atoms in total. The van der Waals surface area contributed by atoms with E-state index >= 15 is 0 Å². The van der Waals surface area contributed by atoms with Crippen molar-refractivity contribution in [2.75, 3.05) is 5.75 Å². The first-order valence-electron chi connectivity index (χ1n) is 6.15. The summed E-state index contributed by atoms with van der Waals surface area (Å²) < 4.78 is 28.7. The van der Waals surface area contributed by atoms with Gasteiger partial charge in [0.15, 0.2) is 5.16 Å². The van der Waals surface area contributed by atoms with Crippen LogP contribution in [-0.2, 0) is 4.79 Å². The molecule has 0 bridgehead atoms. The van der Waals surface area contributed by atoms with E-state index < -0.39 is 17.6 Å². The highest BCUT2D eigenvalue weighted by atomic mass is 32.2. The molecule has 1 heterocycles. The summed E-state index contributed by atoms with van der Waals surface area (Å²) >= 11 is 0.903. The third-order valence-electron chi connectivity index (χ3n) is 2.65. The molecule has 2 rings (SSSR count). The average Bonchev–Trinajstić information content (AvgIpc) is 2.83. The first-order chi connectivity index (χ1) is 9.90. The molecule has 0 amide bonds. The molecule has 0 unspecified atom stereocenters. The van der Waals surface area contributed by atoms with E-state index in [9.17, 15) is 13.6 Å². The maximum absolute atomic E-state index is 14.0. The fourth-order valence-corrected chi connectivity index (χ4v) is 2.43. The van der Waals surface area contributed by atoms with E-state index in [-0.39, 0.29) is 22.5 Å². The van der Waals surface area contributed by atoms with Crippen LogP contribution in [0.5, 0.6) is 0 Å². The number of nitrogens with zero attached hydrogens (tertiary/aromatic N) is 3. The van der Waals surface area contributed by atoms with Crippen LogP contribution in [0.25, 0.3) is 5.69 Å². The van der Waals surface area contributed by atoms with Gasteiger partial charge in [-0.3, -0.25) is 9.36 Å². The first kappa shape index (κ1) is 15.4. The maximum Gasteiger partial charge on any atom is 0.313 e. The lowest BCUT2D eigenvalue weighted by Gasteiger charge is -2.12. The fourth-order valence-electron chi connectivity index (χ4n) is 1.76. The normalized spacial score (nSPS) is 11.1. The van der Waals surface area contributed by atoms with Crippen molar-refractivity contribution in [2.45, 2.75) is 24.9 Å². The predicted octanol–water partition coefficient (Wildman–Crippen LogP) is 2.85. The summed E-state index contributed by atoms with van der Waals surface area (Å²) in [6, 6.07) is 3.07. The van der Waals surface area contributed by atoms with Crippen LogP contribution in [0.1, 0.15) is 25.6 Å². The lowest BCUT2D eigenvalue weighted by Crippen LogP contribution is -2.08. The van der Waals surface area contributed by atoms with Gasteiger partial charge in [0, 0.05) is 12.0 Å². The molecular formula is C13H13F2N3O2S. The van der Waals surface area contributed by atoms with Crippen LogP contribution in [0.3, 0.4) is 0 Å². The van der Waals surface area contributed by atoms with Crippen molar-refractivity contribution in [3.8, 4) is 5.69 Å². The average molecular weight is 313 g/mol. The van der Waals surface area contributed by atoms with Crippen LogP contribution in [0, 0.1) is 11.6 Å². The highest BCUT2D eigenvalue weighted by Crippen LogP contribution is 2.27. The van der Waals surface area contributed by atoms with E-state index in [2.05, 4.69) is 10.2 Å². The van der Waals surface area contributed by atoms with E-state index in [4.69, 9.17) is 5.11 Å². The standard InChI is InChI=1S/C13H13F2N3O2S/c1-7(2)12-16-17-13(21-6-11(19)20)18(12)10-5-8(14)3-4-9(10)15/h3-5,7H,6H2,1-2H3,(H,19,20). The fraction of sp³-hybridized carbons (Fsp3) is 0.308. The van der Waals surface area contributed by atoms with Gasteiger partial charge in [-0.25, -0.2) is 8.78 Å². The molecule has 0 aliphatic heterocycles. The van der Waals surface area contributed by atoms with Crippen LogP contribution in [0.2, 0.25) is 0 Å². The third-order valence-corrected chi connectivity index (χ3v) is 3.56. The van der Waals surface area contributed by atoms with Gasteiger partial charge in [0.2, 0.25) is 0 Å². The van der Waals surface area contributed by atoms with Gasteiger partial charge in [-0.05, 0) is 12.1 Å². The predicted molar refractivity (Wildman–Crippen MR) is 73.7 cm³/mol. The Bertz CT molecular complexity index is 673. The van der Waals surface area contributed by atoms with Gasteiger partial charge < -0.3 is 5.11 Å². The molecule has 0 atom stereocenters. The highest BCUT2D eigenvalue weighted by Gasteiger charge is 2.20. The first-order valence-corrected chi connectivity index (χ1v) is 7.14. The Morgan fingerprint density at radius 1 is 1.38 bits per heavy atom. The van der Waals surface area contributed by atoms with Crippen molar-refractivity contribution in [3.63, 3.8) is 0 Å². The summed E-state index contributed by atoms with van der Waals surface area (Å²) in [6.45, 7) is 3.67. The molecule has 21 heavy (non-hydrogen) atoms. The number of thioether (sulfide) groups is 1. The molecule has 0 radical (unpaired) electrons. The lowest BCUT2D eigenvalue weighted by molar-refractivity contribution is -0.133. The molecule has 2 aromatic rings. The maximum atomic E-state index is 14.0. The summed E-state index contributed by atoms with van der Waals surface area (Å²) in [5.41, 5.74) is -0.0309. The number of benzene rings is 1. The smallest absolute Gasteiger partial charge is 0.313 e. The lowest BCUT2D eigenvalue weighted by atomic mass is 10.2. The third kappa shape index (κ3) is 3.38. The van der Waals surface area contributed by atoms with Crippen LogP contribution >= 0.6 is 11.8 Å². The van der Waals surface area contributed by atoms with Crippen LogP contribution < -0.4 is 0 Å². The van der Waals surface area contributed by atoms with E-state index in [0.29, 0.717) is 5.82 Å². The molecular weight excluding hydrogens is 300 g/mol. The van der Waals surface area contributed by atoms with Crippen LogP contribution in [-0.4, -0.2) is 31.6 Å². The molecule has 0 spiro atoms. The summed E-state index contributed by atoms with van der Waals surface area (Å²) in [7, 11) is 0. The Labute approximate surface area is 124 Å². The number of rotatable bonds is 5. The Kier molecular flexibility index (Phi) is 4.56. The monoisotopic (exact) mass is 313 g/mol. The number of carboxylic acid groups (broad SMARTS) is 1. The summed E-state index contributed by atoms with van der Waals surface area (Å²) in [5, 5.41) is 16.8. The number of carbonyl (C=O) groups is 1. The molecule has 0 aliphatic carbocycles. The zero-order valence-corrected chi connectivity index (χ0v) is 12.2. The van der Waals surface area contributed by atoms with E-state index in [1.165, 1.54) is 4.57 Å². The van der Waals surface area contributed by atoms with Gasteiger partial charge in [0.25, 0.3) is 0 Å². The summed E-state index contributed by atoms with van der Waals surface area (Å²) in [4.78, 5) is 10.7. The minimum atomic E-state index is -1.03. The Morgan fingerprint density at radius 2 is 2.10 bits per heavy atom. The largest absolute Gasteiger partial charge is 0.481 e.